The lowest BCUT2D eigenvalue weighted by Gasteiger charge is -2.33. The Morgan fingerprint density at radius 3 is 2.65 bits per heavy atom. The molecule has 2 heterocycles. The summed E-state index contributed by atoms with van der Waals surface area (Å²) in [6.07, 6.45) is 2.42. The van der Waals surface area contributed by atoms with Gasteiger partial charge in [0.2, 0.25) is 17.7 Å². The number of carbonyl (C=O) groups is 2. The van der Waals surface area contributed by atoms with Gasteiger partial charge in [-0.05, 0) is 45.2 Å². The van der Waals surface area contributed by atoms with Gasteiger partial charge in [-0.1, -0.05) is 29.0 Å². The molecular weight excluding hydrogens is 352 g/mol. The molecule has 7 nitrogen and oxygen atoms in total. The van der Waals surface area contributed by atoms with E-state index in [1.165, 1.54) is 11.8 Å². The lowest BCUT2D eigenvalue weighted by Crippen LogP contribution is -2.51. The van der Waals surface area contributed by atoms with Crippen molar-refractivity contribution in [1.29, 1.82) is 0 Å². The fourth-order valence-electron chi connectivity index (χ4n) is 3.22. The summed E-state index contributed by atoms with van der Waals surface area (Å²) in [5.41, 5.74) is 8.51. The molecule has 2 amide bonds. The highest BCUT2D eigenvalue weighted by molar-refractivity contribution is 7.99. The lowest BCUT2D eigenvalue weighted by atomic mass is 10.0. The van der Waals surface area contributed by atoms with Crippen molar-refractivity contribution in [2.24, 2.45) is 5.73 Å². The van der Waals surface area contributed by atoms with E-state index in [1.54, 1.807) is 4.90 Å². The molecule has 8 heteroatoms. The van der Waals surface area contributed by atoms with Crippen LogP contribution in [0.2, 0.25) is 0 Å². The molecule has 1 fully saturated rings. The van der Waals surface area contributed by atoms with Crippen LogP contribution in [0.5, 0.6) is 0 Å². The predicted octanol–water partition coefficient (Wildman–Crippen LogP) is 2.31. The molecule has 1 unspecified atom stereocenters. The van der Waals surface area contributed by atoms with Gasteiger partial charge in [-0.25, -0.2) is 0 Å². The van der Waals surface area contributed by atoms with Gasteiger partial charge in [-0.3, -0.25) is 9.59 Å². The van der Waals surface area contributed by atoms with Gasteiger partial charge in [0.15, 0.2) is 0 Å². The fourth-order valence-corrected chi connectivity index (χ4v) is 3.86. The van der Waals surface area contributed by atoms with Crippen molar-refractivity contribution >= 4 is 23.6 Å². The van der Waals surface area contributed by atoms with Crippen molar-refractivity contribution < 1.29 is 14.0 Å². The van der Waals surface area contributed by atoms with Crippen LogP contribution >= 0.6 is 11.8 Å². The van der Waals surface area contributed by atoms with Gasteiger partial charge in [0.1, 0.15) is 6.04 Å². The Morgan fingerprint density at radius 1 is 1.23 bits per heavy atom. The van der Waals surface area contributed by atoms with Crippen LogP contribution in [-0.2, 0) is 9.59 Å². The second kappa shape index (κ2) is 7.90. The Labute approximate surface area is 156 Å². The summed E-state index contributed by atoms with van der Waals surface area (Å²) in [5, 5.41) is 8.41. The number of rotatable bonds is 5. The van der Waals surface area contributed by atoms with Gasteiger partial charge in [0, 0.05) is 12.1 Å². The van der Waals surface area contributed by atoms with E-state index >= 15 is 0 Å². The zero-order valence-corrected chi connectivity index (χ0v) is 15.7. The number of piperidine rings is 1. The van der Waals surface area contributed by atoms with Crippen LogP contribution in [0.3, 0.4) is 0 Å². The maximum Gasteiger partial charge on any atom is 0.277 e. The first-order valence-corrected chi connectivity index (χ1v) is 9.56. The third-order valence-electron chi connectivity index (χ3n) is 4.35. The van der Waals surface area contributed by atoms with E-state index in [0.29, 0.717) is 24.1 Å². The molecule has 0 aliphatic carbocycles. The monoisotopic (exact) mass is 374 g/mol. The first-order valence-electron chi connectivity index (χ1n) is 8.58. The van der Waals surface area contributed by atoms with Crippen molar-refractivity contribution in [3.8, 4) is 11.5 Å². The van der Waals surface area contributed by atoms with E-state index in [-0.39, 0.29) is 11.7 Å². The summed E-state index contributed by atoms with van der Waals surface area (Å²) in [5.74, 6) is -0.0135. The minimum Gasteiger partial charge on any atom is -0.411 e. The summed E-state index contributed by atoms with van der Waals surface area (Å²) < 4.78 is 5.67. The summed E-state index contributed by atoms with van der Waals surface area (Å²) in [7, 11) is 0. The third-order valence-corrected chi connectivity index (χ3v) is 5.15. The maximum atomic E-state index is 12.5. The Hall–Kier alpha value is -2.35. The molecule has 1 saturated heterocycles. The largest absolute Gasteiger partial charge is 0.411 e. The number of amides is 2. The molecule has 1 atom stereocenters. The highest BCUT2D eigenvalue weighted by atomic mass is 32.2. The van der Waals surface area contributed by atoms with Gasteiger partial charge in [-0.2, -0.15) is 0 Å². The Kier molecular flexibility index (Phi) is 5.61. The second-order valence-corrected chi connectivity index (χ2v) is 7.47. The van der Waals surface area contributed by atoms with E-state index < -0.39 is 11.9 Å². The molecule has 1 aliphatic heterocycles. The minimum absolute atomic E-state index is 0.135. The topological polar surface area (TPSA) is 102 Å². The molecule has 1 aliphatic rings. The number of carbonyl (C=O) groups excluding carboxylic acids is 2. The number of nitrogens with two attached hydrogens (primary N) is 1. The number of thioether (sulfide) groups is 1. The molecule has 3 rings (SSSR count). The molecule has 138 valence electrons. The minimum atomic E-state index is -0.509. The van der Waals surface area contributed by atoms with Crippen molar-refractivity contribution in [2.45, 2.75) is 44.4 Å². The Morgan fingerprint density at radius 2 is 1.96 bits per heavy atom. The molecule has 0 radical (unpaired) electrons. The number of aromatic nitrogens is 2. The van der Waals surface area contributed by atoms with E-state index in [0.717, 1.165) is 29.5 Å². The fraction of sp³-hybridized carbons (Fsp3) is 0.444. The van der Waals surface area contributed by atoms with Gasteiger partial charge in [-0.15, -0.1) is 10.2 Å². The highest BCUT2D eigenvalue weighted by Gasteiger charge is 2.30. The maximum absolute atomic E-state index is 12.5. The molecule has 2 aromatic rings. The number of aryl methyl sites for hydroxylation is 2. The lowest BCUT2D eigenvalue weighted by molar-refractivity contribution is -0.138. The molecule has 0 spiro atoms. The average molecular weight is 374 g/mol. The van der Waals surface area contributed by atoms with Crippen LogP contribution in [0, 0.1) is 13.8 Å². The highest BCUT2D eigenvalue weighted by Crippen LogP contribution is 2.26. The van der Waals surface area contributed by atoms with Crippen LogP contribution in [0.1, 0.15) is 30.4 Å². The van der Waals surface area contributed by atoms with E-state index in [4.69, 9.17) is 10.2 Å². The summed E-state index contributed by atoms with van der Waals surface area (Å²) in [6.45, 7) is 4.58. The number of primary amides is 1. The van der Waals surface area contributed by atoms with Crippen molar-refractivity contribution in [1.82, 2.24) is 15.1 Å². The molecule has 0 saturated carbocycles. The van der Waals surface area contributed by atoms with Gasteiger partial charge >= 0.3 is 0 Å². The number of nitrogens with zero attached hydrogens (tertiary/aromatic N) is 3. The quantitative estimate of drug-likeness (QED) is 0.806. The average Bonchev–Trinajstić information content (AvgIpc) is 3.08. The van der Waals surface area contributed by atoms with Crippen LogP contribution in [0.15, 0.2) is 27.8 Å². The molecule has 2 N–H and O–H groups in total. The van der Waals surface area contributed by atoms with E-state index in [9.17, 15) is 9.59 Å². The SMILES string of the molecule is Cc1cc(C)cc(-c2nnc(SCC(=O)N3CCCCC3C(N)=O)o2)c1. The van der Waals surface area contributed by atoms with Crippen LogP contribution in [0.4, 0.5) is 0 Å². The van der Waals surface area contributed by atoms with Crippen LogP contribution in [-0.4, -0.2) is 45.3 Å². The van der Waals surface area contributed by atoms with Gasteiger partial charge in [0.05, 0.1) is 5.75 Å². The first kappa shape index (κ1) is 18.4. The first-order chi connectivity index (χ1) is 12.4. The summed E-state index contributed by atoms with van der Waals surface area (Å²) in [4.78, 5) is 25.6. The van der Waals surface area contributed by atoms with Crippen molar-refractivity contribution in [3.05, 3.63) is 29.3 Å². The second-order valence-electron chi connectivity index (χ2n) is 6.54. The molecule has 1 aromatic heterocycles. The Bertz CT molecular complexity index is 800. The number of hydrogen-bond acceptors (Lipinski definition) is 6. The van der Waals surface area contributed by atoms with E-state index in [2.05, 4.69) is 16.3 Å². The number of likely N-dealkylation sites (tertiary alicyclic amines) is 1. The molecule has 1 aromatic carbocycles. The van der Waals surface area contributed by atoms with Crippen molar-refractivity contribution in [2.75, 3.05) is 12.3 Å². The smallest absolute Gasteiger partial charge is 0.277 e. The standard InChI is InChI=1S/C18H22N4O3S/c1-11-7-12(2)9-13(8-11)17-20-21-18(25-17)26-10-15(23)22-6-4-3-5-14(22)16(19)24/h7-9,14H,3-6,10H2,1-2H3,(H2,19,24). The zero-order chi connectivity index (χ0) is 18.7. The van der Waals surface area contributed by atoms with Crippen LogP contribution in [0.25, 0.3) is 11.5 Å². The zero-order valence-electron chi connectivity index (χ0n) is 14.9. The van der Waals surface area contributed by atoms with Crippen LogP contribution < -0.4 is 5.73 Å². The summed E-state index contributed by atoms with van der Waals surface area (Å²) in [6, 6.07) is 5.52. The van der Waals surface area contributed by atoms with E-state index in [1.807, 2.05) is 26.0 Å². The van der Waals surface area contributed by atoms with Gasteiger partial charge in [0.25, 0.3) is 5.22 Å². The van der Waals surface area contributed by atoms with Crippen molar-refractivity contribution in [3.63, 3.8) is 0 Å². The Balaban J connectivity index is 1.64. The molecular formula is C18H22N4O3S. The predicted molar refractivity (Wildman–Crippen MR) is 98.5 cm³/mol. The number of benzene rings is 1. The molecule has 26 heavy (non-hydrogen) atoms. The van der Waals surface area contributed by atoms with Gasteiger partial charge < -0.3 is 15.1 Å². The normalized spacial score (nSPS) is 17.3. The molecule has 0 bridgehead atoms. The summed E-state index contributed by atoms with van der Waals surface area (Å²) >= 11 is 1.18. The number of hydrogen-bond donors (Lipinski definition) is 1. The third kappa shape index (κ3) is 4.24.